The molecule has 2 N–H and O–H groups in total. The molecule has 1 aromatic carbocycles. The van der Waals surface area contributed by atoms with Gasteiger partial charge in [0.15, 0.2) is 0 Å². The molecule has 1 spiro atoms. The zero-order chi connectivity index (χ0) is 19.3. The average Bonchev–Trinajstić information content (AvgIpc) is 2.90. The van der Waals surface area contributed by atoms with E-state index in [-0.39, 0.29) is 24.3 Å². The normalized spacial score (nSPS) is 24.9. The van der Waals surface area contributed by atoms with Gasteiger partial charge in [-0.05, 0) is 43.6 Å². The van der Waals surface area contributed by atoms with Crippen molar-refractivity contribution in [2.24, 2.45) is 5.92 Å². The summed E-state index contributed by atoms with van der Waals surface area (Å²) in [4.78, 5) is 38.4. The van der Waals surface area contributed by atoms with Gasteiger partial charge in [0.1, 0.15) is 12.1 Å². The fourth-order valence-electron chi connectivity index (χ4n) is 4.17. The maximum atomic E-state index is 12.8. The smallest absolute Gasteiger partial charge is 0.325 e. The topological polar surface area (TPSA) is 78.5 Å². The van der Waals surface area contributed by atoms with Gasteiger partial charge in [-0.15, -0.1) is 0 Å². The summed E-state index contributed by atoms with van der Waals surface area (Å²) in [5.74, 6) is -0.411. The van der Waals surface area contributed by atoms with E-state index in [1.54, 1.807) is 0 Å². The van der Waals surface area contributed by atoms with Crippen LogP contribution in [0.3, 0.4) is 0 Å². The Hall–Kier alpha value is -2.37. The van der Waals surface area contributed by atoms with E-state index < -0.39 is 11.6 Å². The van der Waals surface area contributed by atoms with Gasteiger partial charge in [0, 0.05) is 6.54 Å². The number of carbonyl (C=O) groups is 3. The number of urea groups is 1. The van der Waals surface area contributed by atoms with Gasteiger partial charge in [-0.1, -0.05) is 50.1 Å². The summed E-state index contributed by atoms with van der Waals surface area (Å²) < 4.78 is 0. The molecule has 1 aromatic rings. The van der Waals surface area contributed by atoms with E-state index >= 15 is 0 Å². The molecular formula is C21H29N3O3. The lowest BCUT2D eigenvalue weighted by Crippen LogP contribution is -2.54. The Balaban J connectivity index is 1.42. The van der Waals surface area contributed by atoms with Crippen LogP contribution in [0.4, 0.5) is 4.79 Å². The van der Waals surface area contributed by atoms with Crippen molar-refractivity contribution in [1.29, 1.82) is 0 Å². The van der Waals surface area contributed by atoms with Gasteiger partial charge in [-0.25, -0.2) is 4.79 Å². The quantitative estimate of drug-likeness (QED) is 0.571. The van der Waals surface area contributed by atoms with Gasteiger partial charge in [0.25, 0.3) is 5.91 Å². The lowest BCUT2D eigenvalue weighted by molar-refractivity contribution is -0.137. The number of hydrogen-bond acceptors (Lipinski definition) is 3. The van der Waals surface area contributed by atoms with Crippen molar-refractivity contribution in [1.82, 2.24) is 15.5 Å². The van der Waals surface area contributed by atoms with E-state index in [0.717, 1.165) is 43.4 Å². The van der Waals surface area contributed by atoms with Crippen LogP contribution in [0.5, 0.6) is 0 Å². The van der Waals surface area contributed by atoms with Crippen molar-refractivity contribution in [2.45, 2.75) is 57.4 Å². The molecule has 146 valence electrons. The van der Waals surface area contributed by atoms with Crippen molar-refractivity contribution in [2.75, 3.05) is 13.1 Å². The molecule has 1 aliphatic heterocycles. The molecule has 1 saturated heterocycles. The summed E-state index contributed by atoms with van der Waals surface area (Å²) >= 11 is 0. The third-order valence-corrected chi connectivity index (χ3v) is 5.86. The van der Waals surface area contributed by atoms with Crippen molar-refractivity contribution in [3.05, 3.63) is 35.9 Å². The van der Waals surface area contributed by atoms with Crippen LogP contribution in [0, 0.1) is 5.92 Å². The second kappa shape index (κ2) is 8.55. The molecule has 1 aliphatic carbocycles. The van der Waals surface area contributed by atoms with Gasteiger partial charge in [-0.3, -0.25) is 14.5 Å². The Morgan fingerprint density at radius 2 is 2.00 bits per heavy atom. The van der Waals surface area contributed by atoms with E-state index in [1.807, 2.05) is 25.1 Å². The summed E-state index contributed by atoms with van der Waals surface area (Å²) in [6, 6.07) is 9.80. The zero-order valence-corrected chi connectivity index (χ0v) is 16.0. The average molecular weight is 371 g/mol. The molecule has 0 radical (unpaired) electrons. The van der Waals surface area contributed by atoms with Crippen LogP contribution in [0.15, 0.2) is 30.3 Å². The van der Waals surface area contributed by atoms with Gasteiger partial charge in [0.05, 0.1) is 0 Å². The highest BCUT2D eigenvalue weighted by Crippen LogP contribution is 2.38. The summed E-state index contributed by atoms with van der Waals surface area (Å²) in [5.41, 5.74) is 0.487. The molecule has 1 saturated carbocycles. The monoisotopic (exact) mass is 371 g/mol. The van der Waals surface area contributed by atoms with E-state index in [0.29, 0.717) is 13.0 Å². The van der Waals surface area contributed by atoms with Crippen molar-refractivity contribution < 1.29 is 14.4 Å². The van der Waals surface area contributed by atoms with Crippen LogP contribution < -0.4 is 10.6 Å². The molecule has 2 atom stereocenters. The minimum absolute atomic E-state index is 0.105. The number of nitrogens with one attached hydrogen (secondary N) is 2. The lowest BCUT2D eigenvalue weighted by Gasteiger charge is -2.36. The number of imide groups is 1. The number of benzene rings is 1. The summed E-state index contributed by atoms with van der Waals surface area (Å²) in [6.07, 6.45) is 6.41. The van der Waals surface area contributed by atoms with Crippen LogP contribution in [0.2, 0.25) is 0 Å². The van der Waals surface area contributed by atoms with E-state index in [9.17, 15) is 14.4 Å². The zero-order valence-electron chi connectivity index (χ0n) is 16.0. The Labute approximate surface area is 160 Å². The Bertz CT molecular complexity index is 691. The third kappa shape index (κ3) is 4.31. The van der Waals surface area contributed by atoms with E-state index in [4.69, 9.17) is 0 Å². The Morgan fingerprint density at radius 3 is 2.74 bits per heavy atom. The number of carbonyl (C=O) groups excluding carboxylic acids is 3. The Kier molecular flexibility index (Phi) is 6.14. The highest BCUT2D eigenvalue weighted by atomic mass is 16.2. The van der Waals surface area contributed by atoms with Crippen molar-refractivity contribution in [3.8, 4) is 0 Å². The van der Waals surface area contributed by atoms with Crippen LogP contribution in [-0.4, -0.2) is 41.4 Å². The highest BCUT2D eigenvalue weighted by Gasteiger charge is 2.55. The second-order valence-corrected chi connectivity index (χ2v) is 7.73. The first-order valence-electron chi connectivity index (χ1n) is 9.97. The highest BCUT2D eigenvalue weighted by molar-refractivity contribution is 6.09. The van der Waals surface area contributed by atoms with Gasteiger partial charge in [-0.2, -0.15) is 0 Å². The summed E-state index contributed by atoms with van der Waals surface area (Å²) in [7, 11) is 0. The fraction of sp³-hybridized carbons (Fsp3) is 0.571. The predicted molar refractivity (Wildman–Crippen MR) is 103 cm³/mol. The van der Waals surface area contributed by atoms with Crippen molar-refractivity contribution >= 4 is 17.8 Å². The molecular weight excluding hydrogens is 342 g/mol. The number of nitrogens with zero attached hydrogens (tertiary/aromatic N) is 1. The maximum absolute atomic E-state index is 12.8. The van der Waals surface area contributed by atoms with Gasteiger partial charge in [0.2, 0.25) is 5.91 Å². The minimum atomic E-state index is -0.800. The number of unbranched alkanes of at least 4 members (excludes halogenated alkanes) is 1. The van der Waals surface area contributed by atoms with Gasteiger partial charge < -0.3 is 10.6 Å². The maximum Gasteiger partial charge on any atom is 0.325 e. The molecule has 27 heavy (non-hydrogen) atoms. The van der Waals surface area contributed by atoms with Crippen molar-refractivity contribution in [3.63, 3.8) is 0 Å². The molecule has 4 amide bonds. The second-order valence-electron chi connectivity index (χ2n) is 7.73. The largest absolute Gasteiger partial charge is 0.355 e. The first-order valence-corrected chi connectivity index (χ1v) is 9.97. The lowest BCUT2D eigenvalue weighted by atomic mass is 9.73. The van der Waals surface area contributed by atoms with Crippen LogP contribution in [-0.2, 0) is 16.0 Å². The summed E-state index contributed by atoms with van der Waals surface area (Å²) in [6.45, 7) is 2.36. The molecule has 6 nitrogen and oxygen atoms in total. The molecule has 3 rings (SSSR count). The first kappa shape index (κ1) is 19.4. The molecule has 1 heterocycles. The molecule has 2 fully saturated rings. The van der Waals surface area contributed by atoms with Crippen LogP contribution in [0.25, 0.3) is 0 Å². The Morgan fingerprint density at radius 1 is 1.22 bits per heavy atom. The number of aryl methyl sites for hydroxylation is 1. The first-order chi connectivity index (χ1) is 13.0. The third-order valence-electron chi connectivity index (χ3n) is 5.86. The molecule has 0 aromatic heterocycles. The minimum Gasteiger partial charge on any atom is -0.355 e. The van der Waals surface area contributed by atoms with Crippen LogP contribution in [0.1, 0.15) is 51.0 Å². The van der Waals surface area contributed by atoms with Crippen LogP contribution >= 0.6 is 0 Å². The van der Waals surface area contributed by atoms with E-state index in [1.165, 1.54) is 5.56 Å². The molecule has 0 unspecified atom stereocenters. The molecule has 0 bridgehead atoms. The SMILES string of the molecule is C[C@H]1CCCC[C@@]12NC(=O)N(CC(=O)NCCCCc1ccccc1)C2=O. The molecule has 6 heteroatoms. The predicted octanol–water partition coefficient (Wildman–Crippen LogP) is 2.63. The number of amides is 4. The van der Waals surface area contributed by atoms with Gasteiger partial charge >= 0.3 is 6.03 Å². The van der Waals surface area contributed by atoms with E-state index in [2.05, 4.69) is 22.8 Å². The fourth-order valence-corrected chi connectivity index (χ4v) is 4.17. The number of hydrogen-bond donors (Lipinski definition) is 2. The molecule has 2 aliphatic rings. The standard InChI is InChI=1S/C21H29N3O3/c1-16-9-5-7-13-21(16)19(26)24(20(27)23-21)15-18(25)22-14-8-6-12-17-10-3-2-4-11-17/h2-4,10-11,16H,5-9,12-15H2,1H3,(H,22,25)(H,23,27)/t16-,21+/m0/s1. The number of rotatable bonds is 7. The summed E-state index contributed by atoms with van der Waals surface area (Å²) in [5, 5.41) is 5.70.